The smallest absolute Gasteiger partial charge is 0.315 e. The van der Waals surface area contributed by atoms with Gasteiger partial charge in [-0.1, -0.05) is 24.6 Å². The zero-order valence-corrected chi connectivity index (χ0v) is 19.7. The monoisotopic (exact) mass is 466 g/mol. The molecule has 1 saturated heterocycles. The normalized spacial score (nSPS) is 20.4. The molecule has 2 aromatic rings. The first-order chi connectivity index (χ1) is 16.5. The van der Waals surface area contributed by atoms with E-state index in [1.54, 1.807) is 14.2 Å². The van der Waals surface area contributed by atoms with Gasteiger partial charge in [0.2, 0.25) is 5.75 Å². The van der Waals surface area contributed by atoms with Crippen molar-refractivity contribution in [3.8, 4) is 28.4 Å². The molecule has 1 atom stereocenters. The summed E-state index contributed by atoms with van der Waals surface area (Å²) in [5.41, 5.74) is 2.92. The molecule has 1 aliphatic heterocycles. The average Bonchev–Trinajstić information content (AvgIpc) is 3.47. The van der Waals surface area contributed by atoms with E-state index in [0.29, 0.717) is 36.9 Å². The number of methoxy groups -OCH3 is 2. The Hall–Kier alpha value is -3.06. The Morgan fingerprint density at radius 2 is 1.88 bits per heavy atom. The Kier molecular flexibility index (Phi) is 6.21. The number of esters is 1. The van der Waals surface area contributed by atoms with Gasteiger partial charge in [0, 0.05) is 24.0 Å². The van der Waals surface area contributed by atoms with Crippen molar-refractivity contribution in [1.82, 2.24) is 0 Å². The van der Waals surface area contributed by atoms with Gasteiger partial charge in [0.1, 0.15) is 18.1 Å². The van der Waals surface area contributed by atoms with Gasteiger partial charge in [-0.15, -0.1) is 0 Å². The number of hydrogen-bond acceptors (Lipinski definition) is 7. The van der Waals surface area contributed by atoms with Crippen LogP contribution in [-0.2, 0) is 20.7 Å². The molecule has 0 N–H and O–H groups in total. The van der Waals surface area contributed by atoms with Crippen molar-refractivity contribution in [2.75, 3.05) is 34.0 Å². The number of carbonyl (C=O) groups is 2. The molecule has 180 valence electrons. The van der Waals surface area contributed by atoms with E-state index >= 15 is 0 Å². The summed E-state index contributed by atoms with van der Waals surface area (Å²) in [6.07, 6.45) is 4.25. The van der Waals surface area contributed by atoms with Crippen LogP contribution in [0.25, 0.3) is 11.1 Å². The van der Waals surface area contributed by atoms with E-state index in [-0.39, 0.29) is 24.5 Å². The second-order valence-electron chi connectivity index (χ2n) is 9.29. The fraction of sp³-hybridized carbons (Fsp3) is 0.481. The molecule has 0 radical (unpaired) electrons. The van der Waals surface area contributed by atoms with Gasteiger partial charge in [0.05, 0.1) is 27.4 Å². The lowest BCUT2D eigenvalue weighted by atomic mass is 9.69. The quantitative estimate of drug-likeness (QED) is 0.534. The number of Topliss-reactive ketones (excluding diaryl/α,β-unsaturated/α-hetero) is 1. The van der Waals surface area contributed by atoms with Crippen molar-refractivity contribution in [2.24, 2.45) is 5.41 Å². The molecule has 7 heteroatoms. The highest BCUT2D eigenvalue weighted by Gasteiger charge is 2.48. The molecule has 1 heterocycles. The first-order valence-electron chi connectivity index (χ1n) is 11.9. The Morgan fingerprint density at radius 3 is 2.56 bits per heavy atom. The predicted octanol–water partition coefficient (Wildman–Crippen LogP) is 4.38. The molecule has 0 bridgehead atoms. The molecule has 2 aromatic carbocycles. The van der Waals surface area contributed by atoms with Crippen LogP contribution in [0, 0.1) is 5.41 Å². The second kappa shape index (κ2) is 9.29. The maximum atomic E-state index is 13.1. The van der Waals surface area contributed by atoms with Crippen LogP contribution >= 0.6 is 0 Å². The SMILES string of the molecule is COc1ccc(-c2ccc3c(c2)CCC3=O)c(OCC2(C(=O)O[C@H]3CCOC3)CCC2)c1OC. The third-order valence-corrected chi connectivity index (χ3v) is 7.24. The van der Waals surface area contributed by atoms with Gasteiger partial charge in [-0.25, -0.2) is 0 Å². The van der Waals surface area contributed by atoms with Crippen LogP contribution in [0.15, 0.2) is 30.3 Å². The van der Waals surface area contributed by atoms with Gasteiger partial charge in [-0.2, -0.15) is 0 Å². The summed E-state index contributed by atoms with van der Waals surface area (Å²) in [6, 6.07) is 9.63. The van der Waals surface area contributed by atoms with E-state index in [1.165, 1.54) is 0 Å². The van der Waals surface area contributed by atoms with Crippen molar-refractivity contribution in [2.45, 2.75) is 44.6 Å². The predicted molar refractivity (Wildman–Crippen MR) is 125 cm³/mol. The summed E-state index contributed by atoms with van der Waals surface area (Å²) in [5, 5.41) is 0. The number of rotatable bonds is 8. The first-order valence-corrected chi connectivity index (χ1v) is 11.9. The molecule has 0 aromatic heterocycles. The fourth-order valence-corrected chi connectivity index (χ4v) is 5.00. The van der Waals surface area contributed by atoms with Crippen LogP contribution < -0.4 is 14.2 Å². The minimum Gasteiger partial charge on any atom is -0.493 e. The lowest BCUT2D eigenvalue weighted by Gasteiger charge is -2.39. The highest BCUT2D eigenvalue weighted by Crippen LogP contribution is 2.48. The molecule has 1 saturated carbocycles. The number of fused-ring (bicyclic) bond motifs is 1. The van der Waals surface area contributed by atoms with E-state index < -0.39 is 5.41 Å². The number of benzene rings is 2. The van der Waals surface area contributed by atoms with Crippen LogP contribution in [-0.4, -0.2) is 51.9 Å². The van der Waals surface area contributed by atoms with Gasteiger partial charge >= 0.3 is 5.97 Å². The van der Waals surface area contributed by atoms with Crippen molar-refractivity contribution in [3.05, 3.63) is 41.5 Å². The Labute approximate surface area is 199 Å². The van der Waals surface area contributed by atoms with Crippen LogP contribution in [0.4, 0.5) is 0 Å². The molecule has 2 aliphatic carbocycles. The topological polar surface area (TPSA) is 80.3 Å². The number of ether oxygens (including phenoxy) is 5. The van der Waals surface area contributed by atoms with Crippen molar-refractivity contribution >= 4 is 11.8 Å². The largest absolute Gasteiger partial charge is 0.493 e. The van der Waals surface area contributed by atoms with E-state index in [0.717, 1.165) is 54.4 Å². The molecule has 0 unspecified atom stereocenters. The summed E-state index contributed by atoms with van der Waals surface area (Å²) >= 11 is 0. The zero-order chi connectivity index (χ0) is 23.7. The highest BCUT2D eigenvalue weighted by molar-refractivity contribution is 6.01. The van der Waals surface area contributed by atoms with Crippen molar-refractivity contribution in [3.63, 3.8) is 0 Å². The molecular weight excluding hydrogens is 436 g/mol. The summed E-state index contributed by atoms with van der Waals surface area (Å²) in [4.78, 5) is 25.2. The average molecular weight is 467 g/mol. The second-order valence-corrected chi connectivity index (χ2v) is 9.29. The van der Waals surface area contributed by atoms with E-state index in [1.807, 2.05) is 30.3 Å². The first kappa shape index (κ1) is 22.7. The van der Waals surface area contributed by atoms with Gasteiger partial charge in [-0.05, 0) is 42.5 Å². The summed E-state index contributed by atoms with van der Waals surface area (Å²) in [6.45, 7) is 1.27. The van der Waals surface area contributed by atoms with Crippen molar-refractivity contribution < 1.29 is 33.3 Å². The minimum atomic E-state index is -0.668. The van der Waals surface area contributed by atoms with E-state index in [4.69, 9.17) is 23.7 Å². The minimum absolute atomic E-state index is 0.180. The van der Waals surface area contributed by atoms with Crippen LogP contribution in [0.2, 0.25) is 0 Å². The van der Waals surface area contributed by atoms with E-state index in [2.05, 4.69) is 0 Å². The van der Waals surface area contributed by atoms with Gasteiger partial charge in [0.15, 0.2) is 17.3 Å². The molecule has 7 nitrogen and oxygen atoms in total. The van der Waals surface area contributed by atoms with E-state index in [9.17, 15) is 9.59 Å². The summed E-state index contributed by atoms with van der Waals surface area (Å²) < 4.78 is 28.7. The molecular formula is C27H30O7. The third kappa shape index (κ3) is 4.02. The summed E-state index contributed by atoms with van der Waals surface area (Å²) in [5.74, 6) is 1.51. The maximum absolute atomic E-state index is 13.1. The van der Waals surface area contributed by atoms with Gasteiger partial charge < -0.3 is 23.7 Å². The molecule has 0 amide bonds. The fourth-order valence-electron chi connectivity index (χ4n) is 5.00. The maximum Gasteiger partial charge on any atom is 0.315 e. The molecule has 2 fully saturated rings. The van der Waals surface area contributed by atoms with Gasteiger partial charge in [-0.3, -0.25) is 9.59 Å². The Bertz CT molecular complexity index is 1100. The van der Waals surface area contributed by atoms with Crippen molar-refractivity contribution in [1.29, 1.82) is 0 Å². The lowest BCUT2D eigenvalue weighted by Crippen LogP contribution is -2.45. The van der Waals surface area contributed by atoms with Crippen LogP contribution in [0.5, 0.6) is 17.2 Å². The molecule has 34 heavy (non-hydrogen) atoms. The molecule has 0 spiro atoms. The Balaban J connectivity index is 1.45. The lowest BCUT2D eigenvalue weighted by molar-refractivity contribution is -0.170. The number of ketones is 1. The Morgan fingerprint density at radius 1 is 1.06 bits per heavy atom. The number of hydrogen-bond donors (Lipinski definition) is 0. The van der Waals surface area contributed by atoms with Crippen LogP contribution in [0.1, 0.15) is 48.0 Å². The standard InChI is InChI=1S/C27H30O7/c1-30-23-9-7-21(18-4-6-20-17(14-18)5-8-22(20)28)24(25(23)31-2)33-16-27(11-3-12-27)26(29)34-19-10-13-32-15-19/h4,6-7,9,14,19H,3,5,8,10-13,15-16H2,1-2H3/t19-/m0/s1. The number of aryl methyl sites for hydroxylation is 1. The van der Waals surface area contributed by atoms with Gasteiger partial charge in [0.25, 0.3) is 0 Å². The van der Waals surface area contributed by atoms with Crippen LogP contribution in [0.3, 0.4) is 0 Å². The number of carbonyl (C=O) groups excluding carboxylic acids is 2. The molecule has 3 aliphatic rings. The molecule has 5 rings (SSSR count). The highest BCUT2D eigenvalue weighted by atomic mass is 16.6. The summed E-state index contributed by atoms with van der Waals surface area (Å²) in [7, 11) is 3.15. The zero-order valence-electron chi connectivity index (χ0n) is 19.7. The third-order valence-electron chi connectivity index (χ3n) is 7.24.